The van der Waals surface area contributed by atoms with Gasteiger partial charge in [0, 0.05) is 29.4 Å². The van der Waals surface area contributed by atoms with Crippen molar-refractivity contribution in [2.75, 3.05) is 5.32 Å². The van der Waals surface area contributed by atoms with Gasteiger partial charge in [-0.05, 0) is 63.6 Å². The highest BCUT2D eigenvalue weighted by atomic mass is 35.5. The van der Waals surface area contributed by atoms with Crippen molar-refractivity contribution < 1.29 is 9.18 Å². The molecule has 1 amide bonds. The number of nitrogens with two attached hydrogens (primary N) is 1. The monoisotopic (exact) mass is 454 g/mol. The van der Waals surface area contributed by atoms with Gasteiger partial charge in [0.1, 0.15) is 11.6 Å². The van der Waals surface area contributed by atoms with E-state index in [4.69, 9.17) is 5.73 Å². The average molecular weight is 455 g/mol. The van der Waals surface area contributed by atoms with Crippen LogP contribution in [0.15, 0.2) is 36.4 Å². The number of amides is 1. The molecule has 2 aromatic carbocycles. The third-order valence-corrected chi connectivity index (χ3v) is 5.11. The molecule has 0 aliphatic heterocycles. The van der Waals surface area contributed by atoms with Crippen LogP contribution in [0.2, 0.25) is 0 Å². The molecule has 2 atom stereocenters. The first-order chi connectivity index (χ1) is 13.2. The van der Waals surface area contributed by atoms with Gasteiger partial charge in [0.05, 0.1) is 17.0 Å². The Kier molecular flexibility index (Phi) is 8.84. The summed E-state index contributed by atoms with van der Waals surface area (Å²) in [6.07, 6.45) is 0. The van der Waals surface area contributed by atoms with Crippen molar-refractivity contribution in [3.63, 3.8) is 0 Å². The summed E-state index contributed by atoms with van der Waals surface area (Å²) in [5, 5.41) is 2.95. The van der Waals surface area contributed by atoms with Gasteiger partial charge in [0.2, 0.25) is 5.91 Å². The number of halogens is 3. The van der Waals surface area contributed by atoms with Gasteiger partial charge in [0.15, 0.2) is 0 Å². The molecular formula is C22H29Cl2FN4O. The van der Waals surface area contributed by atoms with E-state index >= 15 is 0 Å². The molecule has 0 bridgehead atoms. The number of hydrogen-bond donors (Lipinski definition) is 2. The molecule has 2 unspecified atom stereocenters. The number of hydrogen-bond acceptors (Lipinski definition) is 3. The van der Waals surface area contributed by atoms with E-state index in [2.05, 4.69) is 28.7 Å². The number of nitrogens with one attached hydrogen (secondary N) is 1. The van der Waals surface area contributed by atoms with E-state index in [0.717, 1.165) is 28.2 Å². The Morgan fingerprint density at radius 3 is 2.33 bits per heavy atom. The molecule has 3 aromatic rings. The van der Waals surface area contributed by atoms with Crippen LogP contribution in [-0.4, -0.2) is 21.5 Å². The molecule has 3 N–H and O–H groups in total. The number of rotatable bonds is 5. The summed E-state index contributed by atoms with van der Waals surface area (Å²) in [4.78, 5) is 17.0. The van der Waals surface area contributed by atoms with Crippen LogP contribution in [0, 0.1) is 18.7 Å². The summed E-state index contributed by atoms with van der Waals surface area (Å²) < 4.78 is 15.7. The number of anilines is 1. The first kappa shape index (κ1) is 25.9. The van der Waals surface area contributed by atoms with Crippen molar-refractivity contribution >= 4 is 47.4 Å². The van der Waals surface area contributed by atoms with E-state index in [0.29, 0.717) is 5.52 Å². The Morgan fingerprint density at radius 1 is 1.10 bits per heavy atom. The third-order valence-electron chi connectivity index (χ3n) is 5.11. The van der Waals surface area contributed by atoms with E-state index in [1.165, 1.54) is 12.1 Å². The highest BCUT2D eigenvalue weighted by Crippen LogP contribution is 2.31. The molecule has 0 fully saturated rings. The number of fused-ring (bicyclic) bond motifs is 1. The Hall–Kier alpha value is -2.15. The number of imidazole rings is 1. The molecule has 0 saturated carbocycles. The van der Waals surface area contributed by atoms with Gasteiger partial charge in [-0.3, -0.25) is 4.79 Å². The van der Waals surface area contributed by atoms with Crippen LogP contribution < -0.4 is 11.1 Å². The van der Waals surface area contributed by atoms with Gasteiger partial charge in [-0.1, -0.05) is 6.92 Å². The minimum absolute atomic E-state index is 0. The highest BCUT2D eigenvalue weighted by Gasteiger charge is 2.19. The second-order valence-electron chi connectivity index (χ2n) is 7.70. The van der Waals surface area contributed by atoms with E-state index < -0.39 is 0 Å². The van der Waals surface area contributed by atoms with E-state index in [-0.39, 0.29) is 54.5 Å². The fraction of sp³-hybridized carbons (Fsp3) is 0.364. The van der Waals surface area contributed by atoms with Gasteiger partial charge < -0.3 is 15.6 Å². The van der Waals surface area contributed by atoms with Crippen LogP contribution in [0.1, 0.15) is 39.3 Å². The minimum atomic E-state index is -0.301. The molecule has 3 rings (SSSR count). The topological polar surface area (TPSA) is 72.9 Å². The highest BCUT2D eigenvalue weighted by molar-refractivity contribution is 5.94. The number of aromatic nitrogens is 2. The van der Waals surface area contributed by atoms with Crippen LogP contribution in [0.5, 0.6) is 0 Å². The van der Waals surface area contributed by atoms with E-state index in [9.17, 15) is 9.18 Å². The predicted molar refractivity (Wildman–Crippen MR) is 126 cm³/mol. The van der Waals surface area contributed by atoms with Crippen LogP contribution in [0.3, 0.4) is 0 Å². The zero-order chi connectivity index (χ0) is 20.6. The predicted octanol–water partition coefficient (Wildman–Crippen LogP) is 5.50. The van der Waals surface area contributed by atoms with Gasteiger partial charge in [-0.2, -0.15) is 0 Å². The maximum Gasteiger partial charge on any atom is 0.228 e. The Labute approximate surface area is 189 Å². The van der Waals surface area contributed by atoms with Crippen molar-refractivity contribution in [2.45, 2.75) is 46.7 Å². The normalized spacial score (nSPS) is 12.8. The quantitative estimate of drug-likeness (QED) is 0.534. The van der Waals surface area contributed by atoms with Crippen LogP contribution in [0.4, 0.5) is 10.1 Å². The summed E-state index contributed by atoms with van der Waals surface area (Å²) in [6.45, 7) is 9.72. The summed E-state index contributed by atoms with van der Waals surface area (Å²) in [5.41, 5.74) is 9.94. The first-order valence-corrected chi connectivity index (χ1v) is 9.54. The van der Waals surface area contributed by atoms with Crippen molar-refractivity contribution in [3.8, 4) is 11.4 Å². The lowest BCUT2D eigenvalue weighted by Gasteiger charge is -2.17. The molecule has 1 aromatic heterocycles. The number of carbonyl (C=O) groups excluding carboxylic acids is 1. The van der Waals surface area contributed by atoms with E-state index in [1.54, 1.807) is 6.07 Å². The Balaban J connectivity index is 0.00000225. The molecule has 164 valence electrons. The van der Waals surface area contributed by atoms with Crippen LogP contribution in [0.25, 0.3) is 22.4 Å². The minimum Gasteiger partial charge on any atom is -0.327 e. The van der Waals surface area contributed by atoms with Gasteiger partial charge in [0.25, 0.3) is 0 Å². The summed E-state index contributed by atoms with van der Waals surface area (Å²) in [5.74, 6) is 0.0975. The van der Waals surface area contributed by atoms with Crippen LogP contribution in [-0.2, 0) is 4.79 Å². The van der Waals surface area contributed by atoms with Gasteiger partial charge >= 0.3 is 0 Å². The Bertz CT molecular complexity index is 1030. The SMILES string of the molecule is Cc1cc(-c2nc3cc(F)ccc3n2C(C)C)ccc1NC(=O)C(C)C(C)N.Cl.Cl. The molecule has 30 heavy (non-hydrogen) atoms. The maximum atomic E-state index is 13.6. The van der Waals surface area contributed by atoms with Crippen molar-refractivity contribution in [2.24, 2.45) is 11.7 Å². The summed E-state index contributed by atoms with van der Waals surface area (Å²) in [7, 11) is 0. The molecular weight excluding hydrogens is 426 g/mol. The number of benzene rings is 2. The molecule has 0 aliphatic rings. The third kappa shape index (κ3) is 5.12. The number of aryl methyl sites for hydroxylation is 1. The van der Waals surface area contributed by atoms with Crippen molar-refractivity contribution in [3.05, 3.63) is 47.8 Å². The number of nitrogens with zero attached hydrogens (tertiary/aromatic N) is 2. The molecule has 8 heteroatoms. The standard InChI is InChI=1S/C22H27FN4O.2ClH/c1-12(2)27-20-9-7-17(23)11-19(20)25-21(27)16-6-8-18(13(3)10-16)26-22(28)14(4)15(5)24;;/h6-12,14-15H,24H2,1-5H3,(H,26,28);2*1H. The van der Waals surface area contributed by atoms with Gasteiger partial charge in [-0.25, -0.2) is 9.37 Å². The summed E-state index contributed by atoms with van der Waals surface area (Å²) in [6, 6.07) is 10.4. The van der Waals surface area contributed by atoms with Crippen molar-refractivity contribution in [1.29, 1.82) is 0 Å². The van der Waals surface area contributed by atoms with Gasteiger partial charge in [-0.15, -0.1) is 24.8 Å². The van der Waals surface area contributed by atoms with Crippen LogP contribution >= 0.6 is 24.8 Å². The molecule has 0 saturated heterocycles. The number of carbonyl (C=O) groups is 1. The molecule has 1 heterocycles. The fourth-order valence-electron chi connectivity index (χ4n) is 3.23. The molecule has 0 radical (unpaired) electrons. The molecule has 0 spiro atoms. The lowest BCUT2D eigenvalue weighted by atomic mass is 10.0. The molecule has 0 aliphatic carbocycles. The second kappa shape index (κ2) is 10.2. The second-order valence-corrected chi connectivity index (χ2v) is 7.70. The first-order valence-electron chi connectivity index (χ1n) is 9.54. The maximum absolute atomic E-state index is 13.6. The smallest absolute Gasteiger partial charge is 0.228 e. The largest absolute Gasteiger partial charge is 0.327 e. The lowest BCUT2D eigenvalue weighted by Crippen LogP contribution is -2.34. The average Bonchev–Trinajstić information content (AvgIpc) is 3.01. The lowest BCUT2D eigenvalue weighted by molar-refractivity contribution is -0.119. The fourth-order valence-corrected chi connectivity index (χ4v) is 3.23. The summed E-state index contributed by atoms with van der Waals surface area (Å²) >= 11 is 0. The molecule has 5 nitrogen and oxygen atoms in total. The van der Waals surface area contributed by atoms with Crippen molar-refractivity contribution in [1.82, 2.24) is 9.55 Å². The zero-order valence-corrected chi connectivity index (χ0v) is 19.4. The van der Waals surface area contributed by atoms with E-state index in [1.807, 2.05) is 39.0 Å². The zero-order valence-electron chi connectivity index (χ0n) is 17.8. The Morgan fingerprint density at radius 2 is 1.77 bits per heavy atom.